The molecule has 6 nitrogen and oxygen atoms in total. The second kappa shape index (κ2) is 8.89. The van der Waals surface area contributed by atoms with Gasteiger partial charge in [0.05, 0.1) is 21.3 Å². The van der Waals surface area contributed by atoms with E-state index in [1.165, 1.54) is 21.1 Å². The van der Waals surface area contributed by atoms with Crippen LogP contribution in [0.1, 0.15) is 29.3 Å². The van der Waals surface area contributed by atoms with Crippen LogP contribution in [0.2, 0.25) is 0 Å². The number of Topliss-reactive ketones (excluding diaryl/α,β-unsaturated/α-hetero) is 1. The number of hydrogen-bond donors (Lipinski definition) is 0. The average Bonchev–Trinajstić information content (AvgIpc) is 2.65. The van der Waals surface area contributed by atoms with Gasteiger partial charge in [-0.05, 0) is 30.7 Å². The molecule has 26 heavy (non-hydrogen) atoms. The molecular formula is C20H22O6. The Kier molecular flexibility index (Phi) is 6.60. The fourth-order valence-electron chi connectivity index (χ4n) is 2.55. The second-order valence-electron chi connectivity index (χ2n) is 5.55. The quantitative estimate of drug-likeness (QED) is 0.409. The molecule has 0 radical (unpaired) electrons. The number of rotatable bonds is 8. The van der Waals surface area contributed by atoms with Crippen LogP contribution in [-0.2, 0) is 11.2 Å². The Bertz CT molecular complexity index is 780. The molecule has 138 valence electrons. The van der Waals surface area contributed by atoms with Gasteiger partial charge in [0, 0.05) is 36.6 Å². The minimum atomic E-state index is -0.456. The number of methoxy groups -OCH3 is 3. The molecule has 2 aromatic rings. The van der Waals surface area contributed by atoms with Gasteiger partial charge < -0.3 is 18.9 Å². The molecule has 0 atom stereocenters. The summed E-state index contributed by atoms with van der Waals surface area (Å²) in [7, 11) is 4.60. The molecular weight excluding hydrogens is 336 g/mol. The van der Waals surface area contributed by atoms with Crippen LogP contribution in [0.5, 0.6) is 23.0 Å². The maximum atomic E-state index is 12.5. The summed E-state index contributed by atoms with van der Waals surface area (Å²) in [6.07, 6.45) is 0.601. The van der Waals surface area contributed by atoms with Gasteiger partial charge in [-0.2, -0.15) is 0 Å². The highest BCUT2D eigenvalue weighted by Crippen LogP contribution is 2.35. The molecule has 2 aromatic carbocycles. The third kappa shape index (κ3) is 4.75. The van der Waals surface area contributed by atoms with Crippen molar-refractivity contribution >= 4 is 11.8 Å². The predicted molar refractivity (Wildman–Crippen MR) is 96.5 cm³/mol. The molecule has 0 N–H and O–H groups in total. The number of carbonyl (C=O) groups is 2. The van der Waals surface area contributed by atoms with E-state index in [9.17, 15) is 9.59 Å². The van der Waals surface area contributed by atoms with Crippen molar-refractivity contribution in [2.75, 3.05) is 21.3 Å². The SMILES string of the molecule is COc1ccc(C(=O)CCc2c(OC)cc(OC)cc2OC(C)=O)cc1. The molecule has 6 heteroatoms. The number of ketones is 1. The predicted octanol–water partition coefficient (Wildman–Crippen LogP) is 3.45. The standard InChI is InChI=1S/C20H22O6/c1-13(21)26-20-12-16(24-3)11-19(25-4)17(20)9-10-18(22)14-5-7-15(23-2)8-6-14/h5-8,11-12H,9-10H2,1-4H3. The highest BCUT2D eigenvalue weighted by molar-refractivity contribution is 5.96. The number of benzene rings is 2. The number of ether oxygens (including phenoxy) is 4. The van der Waals surface area contributed by atoms with Gasteiger partial charge in [-0.15, -0.1) is 0 Å². The first-order chi connectivity index (χ1) is 12.5. The van der Waals surface area contributed by atoms with E-state index in [4.69, 9.17) is 18.9 Å². The van der Waals surface area contributed by atoms with E-state index in [0.717, 1.165) is 0 Å². The number of hydrogen-bond acceptors (Lipinski definition) is 6. The maximum Gasteiger partial charge on any atom is 0.308 e. The summed E-state index contributed by atoms with van der Waals surface area (Å²) in [4.78, 5) is 23.9. The maximum absolute atomic E-state index is 12.5. The molecule has 0 fully saturated rings. The average molecular weight is 358 g/mol. The first kappa shape index (κ1) is 19.3. The summed E-state index contributed by atoms with van der Waals surface area (Å²) in [5.74, 6) is 1.54. The molecule has 0 aromatic heterocycles. The first-order valence-electron chi connectivity index (χ1n) is 8.09. The summed E-state index contributed by atoms with van der Waals surface area (Å²) in [6, 6.07) is 10.2. The molecule has 2 rings (SSSR count). The Labute approximate surface area is 152 Å². The molecule has 0 saturated carbocycles. The second-order valence-corrected chi connectivity index (χ2v) is 5.55. The summed E-state index contributed by atoms with van der Waals surface area (Å²) in [5, 5.41) is 0. The van der Waals surface area contributed by atoms with Crippen LogP contribution >= 0.6 is 0 Å². The fraction of sp³-hybridized carbons (Fsp3) is 0.300. The molecule has 0 heterocycles. The zero-order valence-electron chi connectivity index (χ0n) is 15.3. The van der Waals surface area contributed by atoms with Gasteiger partial charge in [-0.25, -0.2) is 0 Å². The highest BCUT2D eigenvalue weighted by Gasteiger charge is 2.17. The lowest BCUT2D eigenvalue weighted by molar-refractivity contribution is -0.131. The van der Waals surface area contributed by atoms with Gasteiger partial charge in [0.25, 0.3) is 0 Å². The molecule has 0 aliphatic carbocycles. The monoisotopic (exact) mass is 358 g/mol. The van der Waals surface area contributed by atoms with E-state index in [1.54, 1.807) is 43.5 Å². The molecule has 0 aliphatic heterocycles. The normalized spacial score (nSPS) is 10.2. The summed E-state index contributed by atoms with van der Waals surface area (Å²) in [6.45, 7) is 1.32. The van der Waals surface area contributed by atoms with Crippen molar-refractivity contribution in [1.29, 1.82) is 0 Å². The third-order valence-electron chi connectivity index (χ3n) is 3.86. The van der Waals surface area contributed by atoms with Crippen LogP contribution in [0.3, 0.4) is 0 Å². The van der Waals surface area contributed by atoms with E-state index in [-0.39, 0.29) is 12.2 Å². The van der Waals surface area contributed by atoms with Crippen molar-refractivity contribution < 1.29 is 28.5 Å². The lowest BCUT2D eigenvalue weighted by Crippen LogP contribution is -2.08. The van der Waals surface area contributed by atoms with Crippen molar-refractivity contribution in [3.05, 3.63) is 47.5 Å². The zero-order valence-corrected chi connectivity index (χ0v) is 15.3. The van der Waals surface area contributed by atoms with Crippen molar-refractivity contribution in [2.45, 2.75) is 19.8 Å². The van der Waals surface area contributed by atoms with Crippen molar-refractivity contribution in [2.24, 2.45) is 0 Å². The zero-order chi connectivity index (χ0) is 19.1. The third-order valence-corrected chi connectivity index (χ3v) is 3.86. The lowest BCUT2D eigenvalue weighted by atomic mass is 10.0. The summed E-state index contributed by atoms with van der Waals surface area (Å²) < 4.78 is 20.9. The fourth-order valence-corrected chi connectivity index (χ4v) is 2.55. The Morgan fingerprint density at radius 3 is 2.00 bits per heavy atom. The highest BCUT2D eigenvalue weighted by atomic mass is 16.5. The minimum Gasteiger partial charge on any atom is -0.497 e. The molecule has 0 saturated heterocycles. The topological polar surface area (TPSA) is 71.1 Å². The molecule has 0 spiro atoms. The van der Waals surface area contributed by atoms with Crippen molar-refractivity contribution in [3.63, 3.8) is 0 Å². The van der Waals surface area contributed by atoms with Crippen LogP contribution < -0.4 is 18.9 Å². The Morgan fingerprint density at radius 1 is 0.846 bits per heavy atom. The van der Waals surface area contributed by atoms with E-state index < -0.39 is 5.97 Å². The van der Waals surface area contributed by atoms with E-state index in [2.05, 4.69) is 0 Å². The lowest BCUT2D eigenvalue weighted by Gasteiger charge is -2.15. The van der Waals surface area contributed by atoms with Gasteiger partial charge in [0.15, 0.2) is 5.78 Å². The van der Waals surface area contributed by atoms with Gasteiger partial charge >= 0.3 is 5.97 Å². The van der Waals surface area contributed by atoms with Crippen LogP contribution in [0, 0.1) is 0 Å². The first-order valence-corrected chi connectivity index (χ1v) is 8.09. The van der Waals surface area contributed by atoms with Gasteiger partial charge in [0.1, 0.15) is 23.0 Å². The van der Waals surface area contributed by atoms with Crippen LogP contribution in [-0.4, -0.2) is 33.1 Å². The summed E-state index contributed by atoms with van der Waals surface area (Å²) in [5.41, 5.74) is 1.23. The Morgan fingerprint density at radius 2 is 1.46 bits per heavy atom. The number of carbonyl (C=O) groups excluding carboxylic acids is 2. The van der Waals surface area contributed by atoms with Crippen molar-refractivity contribution in [3.8, 4) is 23.0 Å². The number of esters is 1. The molecule has 0 aliphatic rings. The molecule has 0 unspecified atom stereocenters. The van der Waals surface area contributed by atoms with Crippen LogP contribution in [0.4, 0.5) is 0 Å². The van der Waals surface area contributed by atoms with Gasteiger partial charge in [-0.1, -0.05) is 0 Å². The van der Waals surface area contributed by atoms with Gasteiger partial charge in [0.2, 0.25) is 0 Å². The Balaban J connectivity index is 2.23. The van der Waals surface area contributed by atoms with E-state index in [0.29, 0.717) is 40.5 Å². The van der Waals surface area contributed by atoms with Crippen molar-refractivity contribution in [1.82, 2.24) is 0 Å². The van der Waals surface area contributed by atoms with Gasteiger partial charge in [-0.3, -0.25) is 9.59 Å². The van der Waals surface area contributed by atoms with E-state index in [1.807, 2.05) is 0 Å². The molecule has 0 bridgehead atoms. The summed E-state index contributed by atoms with van der Waals surface area (Å²) >= 11 is 0. The largest absolute Gasteiger partial charge is 0.497 e. The van der Waals surface area contributed by atoms with Crippen LogP contribution in [0.15, 0.2) is 36.4 Å². The van der Waals surface area contributed by atoms with E-state index >= 15 is 0 Å². The van der Waals surface area contributed by atoms with Crippen LogP contribution in [0.25, 0.3) is 0 Å². The minimum absolute atomic E-state index is 0.0284. The smallest absolute Gasteiger partial charge is 0.308 e. The Hall–Kier alpha value is -3.02. The molecule has 0 amide bonds.